The molecule has 3 rings (SSSR count). The molecular weight excluding hydrogens is 402 g/mol. The minimum atomic E-state index is -1.02. The van der Waals surface area contributed by atoms with Crippen LogP contribution in [0.15, 0.2) is 38.9 Å². The number of carboxylic acids is 1. The first-order valence-electron chi connectivity index (χ1n) is 8.50. The highest BCUT2D eigenvalue weighted by Crippen LogP contribution is 2.30. The summed E-state index contributed by atoms with van der Waals surface area (Å²) >= 11 is 4.46. The van der Waals surface area contributed by atoms with Crippen molar-refractivity contribution in [1.29, 1.82) is 0 Å². The maximum atomic E-state index is 12.3. The van der Waals surface area contributed by atoms with E-state index in [-0.39, 0.29) is 23.7 Å². The third kappa shape index (κ3) is 4.84. The summed E-state index contributed by atoms with van der Waals surface area (Å²) in [4.78, 5) is 30.3. The molecule has 1 aromatic carbocycles. The minimum Gasteiger partial charge on any atom is -0.476 e. The normalized spacial score (nSPS) is 18.1. The van der Waals surface area contributed by atoms with E-state index in [1.807, 2.05) is 23.3 Å². The molecule has 1 aromatic heterocycles. The number of benzene rings is 1. The first-order valence-corrected chi connectivity index (χ1v) is 11.6. The molecule has 144 valence electrons. The van der Waals surface area contributed by atoms with Crippen molar-refractivity contribution in [2.24, 2.45) is 5.73 Å². The first kappa shape index (κ1) is 20.2. The first-order chi connectivity index (χ1) is 13.0. The maximum absolute atomic E-state index is 12.3. The number of hydrogen-bond acceptors (Lipinski definition) is 7. The quantitative estimate of drug-likeness (QED) is 0.629. The van der Waals surface area contributed by atoms with E-state index in [0.29, 0.717) is 23.1 Å². The third-order valence-corrected chi connectivity index (χ3v) is 7.29. The summed E-state index contributed by atoms with van der Waals surface area (Å²) in [5.74, 6) is -0.235. The summed E-state index contributed by atoms with van der Waals surface area (Å²) in [5, 5.41) is 10.5. The van der Waals surface area contributed by atoms with Gasteiger partial charge < -0.3 is 15.7 Å². The Hall–Kier alpha value is -1.55. The van der Waals surface area contributed by atoms with Crippen LogP contribution in [0.25, 0.3) is 0 Å². The molecule has 1 aliphatic rings. The van der Waals surface area contributed by atoms with Crippen LogP contribution in [0.5, 0.6) is 0 Å². The van der Waals surface area contributed by atoms with Crippen LogP contribution < -0.4 is 5.73 Å². The number of carboxylic acid groups (broad SMARTS) is 1. The lowest BCUT2D eigenvalue weighted by molar-refractivity contribution is -0.128. The second-order valence-corrected chi connectivity index (χ2v) is 9.22. The SMILES string of the molecule is CSc1ccc(C(N)[C@H]2CCC(=O)N2CCSc2nc(C(=O)O)cs2)cc1. The van der Waals surface area contributed by atoms with Crippen LogP contribution in [0.3, 0.4) is 0 Å². The molecular formula is C18H21N3O3S3. The van der Waals surface area contributed by atoms with Crippen LogP contribution in [-0.4, -0.2) is 51.5 Å². The Morgan fingerprint density at radius 2 is 2.19 bits per heavy atom. The van der Waals surface area contributed by atoms with E-state index in [1.165, 1.54) is 33.4 Å². The molecule has 2 aromatic rings. The lowest BCUT2D eigenvalue weighted by Gasteiger charge is -2.29. The summed E-state index contributed by atoms with van der Waals surface area (Å²) in [7, 11) is 0. The molecule has 1 amide bonds. The molecule has 27 heavy (non-hydrogen) atoms. The average Bonchev–Trinajstić information content (AvgIpc) is 3.29. The van der Waals surface area contributed by atoms with Gasteiger partial charge in [-0.1, -0.05) is 23.9 Å². The maximum Gasteiger partial charge on any atom is 0.355 e. The van der Waals surface area contributed by atoms with E-state index in [9.17, 15) is 9.59 Å². The van der Waals surface area contributed by atoms with E-state index in [2.05, 4.69) is 17.1 Å². The van der Waals surface area contributed by atoms with Crippen LogP contribution >= 0.6 is 34.9 Å². The number of rotatable bonds is 8. The van der Waals surface area contributed by atoms with Crippen molar-refractivity contribution >= 4 is 46.7 Å². The summed E-state index contributed by atoms with van der Waals surface area (Å²) < 4.78 is 0.701. The Labute approximate surface area is 170 Å². The lowest BCUT2D eigenvalue weighted by atomic mass is 9.98. The molecule has 0 saturated carbocycles. The molecule has 0 radical (unpaired) electrons. The summed E-state index contributed by atoms with van der Waals surface area (Å²) in [5.41, 5.74) is 7.58. The number of nitrogens with two attached hydrogens (primary N) is 1. The van der Waals surface area contributed by atoms with Gasteiger partial charge in [-0.3, -0.25) is 4.79 Å². The Kier molecular flexibility index (Phi) is 6.80. The molecule has 2 atom stereocenters. The van der Waals surface area contributed by atoms with Crippen molar-refractivity contribution in [2.45, 2.75) is 34.2 Å². The van der Waals surface area contributed by atoms with Crippen LogP contribution in [0.2, 0.25) is 0 Å². The molecule has 0 aliphatic carbocycles. The number of amides is 1. The van der Waals surface area contributed by atoms with Gasteiger partial charge in [0.1, 0.15) is 0 Å². The van der Waals surface area contributed by atoms with Gasteiger partial charge in [0.15, 0.2) is 10.0 Å². The number of carbonyl (C=O) groups excluding carboxylic acids is 1. The average molecular weight is 424 g/mol. The zero-order valence-electron chi connectivity index (χ0n) is 14.8. The fourth-order valence-electron chi connectivity index (χ4n) is 3.12. The zero-order valence-corrected chi connectivity index (χ0v) is 17.3. The van der Waals surface area contributed by atoms with Gasteiger partial charge in [-0.25, -0.2) is 9.78 Å². The topological polar surface area (TPSA) is 96.5 Å². The van der Waals surface area contributed by atoms with Crippen molar-refractivity contribution < 1.29 is 14.7 Å². The Morgan fingerprint density at radius 3 is 2.81 bits per heavy atom. The largest absolute Gasteiger partial charge is 0.476 e. The van der Waals surface area contributed by atoms with Gasteiger partial charge in [-0.15, -0.1) is 23.1 Å². The van der Waals surface area contributed by atoms with Gasteiger partial charge in [-0.05, 0) is 30.4 Å². The molecule has 0 bridgehead atoms. The second-order valence-electron chi connectivity index (χ2n) is 6.14. The molecule has 9 heteroatoms. The third-order valence-electron chi connectivity index (χ3n) is 4.55. The van der Waals surface area contributed by atoms with Crippen LogP contribution in [-0.2, 0) is 4.79 Å². The second kappa shape index (κ2) is 9.09. The van der Waals surface area contributed by atoms with Crippen molar-refractivity contribution in [3.8, 4) is 0 Å². The van der Waals surface area contributed by atoms with Gasteiger partial charge in [0.05, 0.1) is 12.1 Å². The van der Waals surface area contributed by atoms with Gasteiger partial charge in [0.25, 0.3) is 0 Å². The number of nitrogens with zero attached hydrogens (tertiary/aromatic N) is 2. The molecule has 6 nitrogen and oxygen atoms in total. The number of carbonyl (C=O) groups is 2. The van der Waals surface area contributed by atoms with Crippen molar-refractivity contribution in [1.82, 2.24) is 9.88 Å². The molecule has 1 fully saturated rings. The van der Waals surface area contributed by atoms with Gasteiger partial charge in [0, 0.05) is 29.0 Å². The van der Waals surface area contributed by atoms with Crippen LogP contribution in [0.1, 0.15) is 34.9 Å². The number of aromatic nitrogens is 1. The van der Waals surface area contributed by atoms with Crippen LogP contribution in [0, 0.1) is 0 Å². The van der Waals surface area contributed by atoms with Crippen molar-refractivity contribution in [2.75, 3.05) is 18.6 Å². The molecule has 3 N–H and O–H groups in total. The van der Waals surface area contributed by atoms with E-state index < -0.39 is 5.97 Å². The lowest BCUT2D eigenvalue weighted by Crippen LogP contribution is -2.41. The predicted octanol–water partition coefficient (Wildman–Crippen LogP) is 3.35. The Morgan fingerprint density at radius 1 is 1.44 bits per heavy atom. The zero-order chi connectivity index (χ0) is 19.4. The fraction of sp³-hybridized carbons (Fsp3) is 0.389. The van der Waals surface area contributed by atoms with E-state index in [0.717, 1.165) is 12.0 Å². The van der Waals surface area contributed by atoms with Gasteiger partial charge in [-0.2, -0.15) is 0 Å². The number of thioether (sulfide) groups is 2. The Balaban J connectivity index is 1.60. The van der Waals surface area contributed by atoms with Crippen molar-refractivity contribution in [3.63, 3.8) is 0 Å². The molecule has 1 unspecified atom stereocenters. The van der Waals surface area contributed by atoms with Crippen molar-refractivity contribution in [3.05, 3.63) is 40.9 Å². The number of hydrogen-bond donors (Lipinski definition) is 2. The standard InChI is InChI=1S/C18H21N3O3S3/c1-25-12-4-2-11(3-5-12)16(19)14-6-7-15(22)21(14)8-9-26-18-20-13(10-27-18)17(23)24/h2-5,10,14,16H,6-9,19H2,1H3,(H,23,24)/t14-,16?/m1/s1. The summed E-state index contributed by atoms with van der Waals surface area (Å²) in [6, 6.07) is 7.96. The highest BCUT2D eigenvalue weighted by molar-refractivity contribution is 8.01. The number of thiazole rings is 1. The highest BCUT2D eigenvalue weighted by atomic mass is 32.2. The predicted molar refractivity (Wildman–Crippen MR) is 110 cm³/mol. The highest BCUT2D eigenvalue weighted by Gasteiger charge is 2.35. The molecule has 2 heterocycles. The Bertz CT molecular complexity index is 810. The minimum absolute atomic E-state index is 0.0101. The van der Waals surface area contributed by atoms with E-state index in [1.54, 1.807) is 11.8 Å². The number of aromatic carboxylic acids is 1. The smallest absolute Gasteiger partial charge is 0.355 e. The van der Waals surface area contributed by atoms with Gasteiger partial charge >= 0.3 is 5.97 Å². The summed E-state index contributed by atoms with van der Waals surface area (Å²) in [6.45, 7) is 0.576. The molecule has 0 spiro atoms. The fourth-order valence-corrected chi connectivity index (χ4v) is 5.34. The van der Waals surface area contributed by atoms with Crippen LogP contribution in [0.4, 0.5) is 0 Å². The van der Waals surface area contributed by atoms with E-state index in [4.69, 9.17) is 10.8 Å². The van der Waals surface area contributed by atoms with Gasteiger partial charge in [0.2, 0.25) is 5.91 Å². The van der Waals surface area contributed by atoms with E-state index >= 15 is 0 Å². The summed E-state index contributed by atoms with van der Waals surface area (Å²) in [6.07, 6.45) is 3.31. The number of likely N-dealkylation sites (tertiary alicyclic amines) is 1. The monoisotopic (exact) mass is 423 g/mol. The molecule has 1 saturated heterocycles. The molecule has 1 aliphatic heterocycles.